The van der Waals surface area contributed by atoms with Crippen molar-refractivity contribution in [1.82, 2.24) is 0 Å². The molecule has 0 unspecified atom stereocenters. The Morgan fingerprint density at radius 1 is 1.62 bits per heavy atom. The second kappa shape index (κ2) is 1.82. The highest BCUT2D eigenvalue weighted by Crippen LogP contribution is 2.14. The van der Waals surface area contributed by atoms with E-state index in [9.17, 15) is 4.91 Å². The summed E-state index contributed by atoms with van der Waals surface area (Å²) in [4.78, 5) is 9.62. The maximum Gasteiger partial charge on any atom is 0.130 e. The van der Waals surface area contributed by atoms with E-state index >= 15 is 0 Å². The van der Waals surface area contributed by atoms with Gasteiger partial charge in [-0.25, -0.2) is 0 Å². The van der Waals surface area contributed by atoms with Crippen molar-refractivity contribution < 1.29 is 4.48 Å². The molecular formula is C5H11N2O+. The van der Waals surface area contributed by atoms with E-state index in [1.807, 2.05) is 0 Å². The molecule has 0 aliphatic carbocycles. The van der Waals surface area contributed by atoms with Gasteiger partial charge in [0.1, 0.15) is 26.2 Å². The van der Waals surface area contributed by atoms with Gasteiger partial charge in [-0.15, -0.1) is 0 Å². The minimum Gasteiger partial charge on any atom is -0.315 e. The summed E-state index contributed by atoms with van der Waals surface area (Å²) in [5.74, 6) is 0. The average molecular weight is 115 g/mol. The summed E-state index contributed by atoms with van der Waals surface area (Å²) in [6.07, 6.45) is 0. The number of hydrogen-bond donors (Lipinski definition) is 0. The second-order valence-corrected chi connectivity index (χ2v) is 2.64. The Morgan fingerprint density at radius 3 is 2.62 bits per heavy atom. The first-order valence-electron chi connectivity index (χ1n) is 2.89. The Kier molecular flexibility index (Phi) is 1.29. The fourth-order valence-corrected chi connectivity index (χ4v) is 0.677. The molecule has 46 valence electrons. The van der Waals surface area contributed by atoms with Crippen LogP contribution in [0.2, 0.25) is 0 Å². The topological polar surface area (TPSA) is 29.4 Å². The summed E-state index contributed by atoms with van der Waals surface area (Å²) in [5, 5.41) is 2.80. The summed E-state index contributed by atoms with van der Waals surface area (Å²) in [6, 6.07) is 0. The molecule has 3 heteroatoms. The van der Waals surface area contributed by atoms with Crippen molar-refractivity contribution in [2.75, 3.05) is 33.2 Å². The molecule has 1 heterocycles. The van der Waals surface area contributed by atoms with Crippen LogP contribution in [0.1, 0.15) is 0 Å². The zero-order valence-electron chi connectivity index (χ0n) is 5.13. The zero-order valence-corrected chi connectivity index (χ0v) is 5.13. The van der Waals surface area contributed by atoms with Crippen LogP contribution in [0.15, 0.2) is 5.18 Å². The third-order valence-corrected chi connectivity index (χ3v) is 1.72. The van der Waals surface area contributed by atoms with E-state index in [-0.39, 0.29) is 0 Å². The SMILES string of the molecule is C[N+]1(CCN=O)CC1. The molecule has 0 amide bonds. The Hall–Kier alpha value is -0.440. The third kappa shape index (κ3) is 1.26. The minimum atomic E-state index is 0.483. The lowest BCUT2D eigenvalue weighted by Crippen LogP contribution is -2.22. The molecule has 8 heavy (non-hydrogen) atoms. The first-order valence-corrected chi connectivity index (χ1v) is 2.89. The van der Waals surface area contributed by atoms with E-state index in [0.29, 0.717) is 6.54 Å². The van der Waals surface area contributed by atoms with Gasteiger partial charge in [0.15, 0.2) is 0 Å². The normalized spacial score (nSPS) is 22.6. The van der Waals surface area contributed by atoms with Gasteiger partial charge in [-0.1, -0.05) is 5.18 Å². The van der Waals surface area contributed by atoms with Crippen molar-refractivity contribution in [1.29, 1.82) is 0 Å². The van der Waals surface area contributed by atoms with Crippen molar-refractivity contribution >= 4 is 0 Å². The summed E-state index contributed by atoms with van der Waals surface area (Å²) in [7, 11) is 2.14. The molecule has 1 aliphatic heterocycles. The van der Waals surface area contributed by atoms with Crippen molar-refractivity contribution in [2.45, 2.75) is 0 Å². The number of nitrogens with zero attached hydrogens (tertiary/aromatic N) is 2. The molecule has 0 N–H and O–H groups in total. The number of hydrogen-bond acceptors (Lipinski definition) is 2. The predicted molar refractivity (Wildman–Crippen MR) is 31.4 cm³/mol. The van der Waals surface area contributed by atoms with E-state index in [2.05, 4.69) is 12.2 Å². The van der Waals surface area contributed by atoms with Crippen LogP contribution in [0.4, 0.5) is 0 Å². The lowest BCUT2D eigenvalue weighted by molar-refractivity contribution is -0.775. The first kappa shape index (κ1) is 5.69. The summed E-state index contributed by atoms with van der Waals surface area (Å²) in [5.41, 5.74) is 0. The maximum absolute atomic E-state index is 9.62. The molecule has 0 aromatic carbocycles. The summed E-state index contributed by atoms with van der Waals surface area (Å²) >= 11 is 0. The lowest BCUT2D eigenvalue weighted by atomic mass is 10.6. The van der Waals surface area contributed by atoms with Crippen LogP contribution in [0.25, 0.3) is 0 Å². The molecule has 0 aromatic heterocycles. The Balaban J connectivity index is 2.09. The van der Waals surface area contributed by atoms with Crippen LogP contribution in [0.3, 0.4) is 0 Å². The fourth-order valence-electron chi connectivity index (χ4n) is 0.677. The number of nitroso groups, excluding NO2 is 1. The Bertz CT molecular complexity index is 98.6. The minimum absolute atomic E-state index is 0.483. The van der Waals surface area contributed by atoms with Crippen molar-refractivity contribution in [3.05, 3.63) is 4.91 Å². The zero-order chi connectivity index (χ0) is 6.04. The molecule has 0 bridgehead atoms. The highest BCUT2D eigenvalue weighted by molar-refractivity contribution is 4.53. The van der Waals surface area contributed by atoms with Crippen LogP contribution in [-0.4, -0.2) is 37.7 Å². The molecule has 1 fully saturated rings. The van der Waals surface area contributed by atoms with Crippen molar-refractivity contribution in [3.63, 3.8) is 0 Å². The molecule has 0 radical (unpaired) electrons. The van der Waals surface area contributed by atoms with Crippen LogP contribution < -0.4 is 0 Å². The summed E-state index contributed by atoms with van der Waals surface area (Å²) < 4.78 is 1.06. The molecular weight excluding hydrogens is 104 g/mol. The van der Waals surface area contributed by atoms with Gasteiger partial charge in [-0.2, -0.15) is 4.91 Å². The molecule has 0 saturated carbocycles. The largest absolute Gasteiger partial charge is 0.315 e. The number of likely N-dealkylation sites (N-methyl/N-ethyl adjacent to an activating group) is 1. The van der Waals surface area contributed by atoms with Crippen LogP contribution >= 0.6 is 0 Å². The highest BCUT2D eigenvalue weighted by Gasteiger charge is 2.35. The molecule has 3 nitrogen and oxygen atoms in total. The maximum atomic E-state index is 9.62. The Labute approximate surface area is 48.9 Å². The molecule has 1 saturated heterocycles. The van der Waals surface area contributed by atoms with Gasteiger partial charge in [-0.05, 0) is 0 Å². The van der Waals surface area contributed by atoms with Gasteiger partial charge in [-0.3, -0.25) is 0 Å². The second-order valence-electron chi connectivity index (χ2n) is 2.64. The van der Waals surface area contributed by atoms with Crippen molar-refractivity contribution in [2.24, 2.45) is 5.18 Å². The smallest absolute Gasteiger partial charge is 0.130 e. The van der Waals surface area contributed by atoms with E-state index < -0.39 is 0 Å². The highest BCUT2D eigenvalue weighted by atomic mass is 16.3. The van der Waals surface area contributed by atoms with E-state index in [1.54, 1.807) is 0 Å². The van der Waals surface area contributed by atoms with Gasteiger partial charge in [0, 0.05) is 0 Å². The van der Waals surface area contributed by atoms with Crippen molar-refractivity contribution in [3.8, 4) is 0 Å². The number of rotatable bonds is 3. The van der Waals surface area contributed by atoms with Gasteiger partial charge < -0.3 is 4.48 Å². The fraction of sp³-hybridized carbons (Fsp3) is 1.00. The van der Waals surface area contributed by atoms with Gasteiger partial charge in [0.05, 0.1) is 7.05 Å². The van der Waals surface area contributed by atoms with E-state index in [4.69, 9.17) is 0 Å². The molecule has 0 atom stereocenters. The summed E-state index contributed by atoms with van der Waals surface area (Å²) in [6.45, 7) is 3.88. The van der Waals surface area contributed by atoms with Crippen LogP contribution in [-0.2, 0) is 0 Å². The van der Waals surface area contributed by atoms with E-state index in [0.717, 1.165) is 11.0 Å². The monoisotopic (exact) mass is 115 g/mol. The lowest BCUT2D eigenvalue weighted by Gasteiger charge is -2.06. The molecule has 1 rings (SSSR count). The molecule has 0 spiro atoms. The quantitative estimate of drug-likeness (QED) is 0.294. The standard InChI is InChI=1S/C5H11N2O/c1-7(4-5-7)3-2-6-8/h2-5H2,1H3/q+1. The van der Waals surface area contributed by atoms with Gasteiger partial charge in [0.2, 0.25) is 0 Å². The molecule has 0 aromatic rings. The van der Waals surface area contributed by atoms with E-state index in [1.165, 1.54) is 13.1 Å². The first-order chi connectivity index (χ1) is 3.77. The van der Waals surface area contributed by atoms with Crippen LogP contribution in [0.5, 0.6) is 0 Å². The third-order valence-electron chi connectivity index (χ3n) is 1.72. The molecule has 1 aliphatic rings. The van der Waals surface area contributed by atoms with Gasteiger partial charge in [0.25, 0.3) is 0 Å². The number of quaternary nitrogens is 1. The Morgan fingerprint density at radius 2 is 2.25 bits per heavy atom. The van der Waals surface area contributed by atoms with Crippen LogP contribution in [0, 0.1) is 4.91 Å². The predicted octanol–water partition coefficient (Wildman–Crippen LogP) is 0.213. The van der Waals surface area contributed by atoms with Gasteiger partial charge >= 0.3 is 0 Å². The average Bonchev–Trinajstić information content (AvgIpc) is 2.45.